The summed E-state index contributed by atoms with van der Waals surface area (Å²) >= 11 is 0. The Kier molecular flexibility index (Phi) is 8.24. The first-order valence-electron chi connectivity index (χ1n) is 10.8. The number of nitrogens with zero attached hydrogens (tertiary/aromatic N) is 1. The summed E-state index contributed by atoms with van der Waals surface area (Å²) < 4.78 is 16.9. The molecule has 33 heavy (non-hydrogen) atoms. The van der Waals surface area contributed by atoms with Crippen LogP contribution in [0.5, 0.6) is 17.4 Å². The number of hydrogen-bond donors (Lipinski definition) is 2. The van der Waals surface area contributed by atoms with E-state index in [0.717, 1.165) is 0 Å². The van der Waals surface area contributed by atoms with Crippen molar-refractivity contribution < 1.29 is 23.8 Å². The van der Waals surface area contributed by atoms with E-state index in [1.54, 1.807) is 54.7 Å². The third-order valence-corrected chi connectivity index (χ3v) is 4.51. The summed E-state index contributed by atoms with van der Waals surface area (Å²) in [7, 11) is 0. The maximum atomic E-state index is 13.0. The Hall–Kier alpha value is -4.07. The molecule has 0 atom stereocenters. The van der Waals surface area contributed by atoms with Crippen LogP contribution >= 0.6 is 0 Å². The van der Waals surface area contributed by atoms with E-state index in [0.29, 0.717) is 53.8 Å². The first-order valence-corrected chi connectivity index (χ1v) is 10.8. The van der Waals surface area contributed by atoms with Gasteiger partial charge in [0, 0.05) is 23.9 Å². The van der Waals surface area contributed by atoms with Crippen LogP contribution in [0.25, 0.3) is 0 Å². The summed E-state index contributed by atoms with van der Waals surface area (Å²) in [5.41, 5.74) is 1.63. The Morgan fingerprint density at radius 3 is 1.91 bits per heavy atom. The van der Waals surface area contributed by atoms with Gasteiger partial charge in [0.05, 0.1) is 31.2 Å². The monoisotopic (exact) mass is 449 g/mol. The van der Waals surface area contributed by atoms with Gasteiger partial charge in [-0.3, -0.25) is 9.59 Å². The minimum atomic E-state index is -0.406. The molecule has 0 saturated heterocycles. The van der Waals surface area contributed by atoms with Crippen molar-refractivity contribution in [2.45, 2.75) is 20.8 Å². The molecule has 172 valence electrons. The molecule has 0 aliphatic heterocycles. The summed E-state index contributed by atoms with van der Waals surface area (Å²) in [5, 5.41) is 5.71. The first-order chi connectivity index (χ1) is 16.1. The van der Waals surface area contributed by atoms with Gasteiger partial charge in [-0.25, -0.2) is 4.98 Å². The quantitative estimate of drug-likeness (QED) is 0.462. The summed E-state index contributed by atoms with van der Waals surface area (Å²) in [6.45, 7) is 6.60. The molecular formula is C25H27N3O5. The van der Waals surface area contributed by atoms with E-state index in [2.05, 4.69) is 15.6 Å². The predicted molar refractivity (Wildman–Crippen MR) is 127 cm³/mol. The van der Waals surface area contributed by atoms with Gasteiger partial charge in [-0.1, -0.05) is 18.2 Å². The molecule has 1 aromatic heterocycles. The fourth-order valence-electron chi connectivity index (χ4n) is 3.09. The zero-order valence-electron chi connectivity index (χ0n) is 18.9. The summed E-state index contributed by atoms with van der Waals surface area (Å²) in [6, 6.07) is 15.4. The Bertz CT molecular complexity index is 1100. The van der Waals surface area contributed by atoms with Gasteiger partial charge < -0.3 is 24.8 Å². The minimum Gasteiger partial charge on any atom is -0.492 e. The first kappa shape index (κ1) is 23.6. The number of ether oxygens (including phenoxy) is 3. The van der Waals surface area contributed by atoms with Gasteiger partial charge in [-0.05, 0) is 45.0 Å². The maximum Gasteiger partial charge on any atom is 0.261 e. The lowest BCUT2D eigenvalue weighted by Gasteiger charge is -2.18. The number of anilines is 2. The van der Waals surface area contributed by atoms with Crippen LogP contribution in [0, 0.1) is 0 Å². The van der Waals surface area contributed by atoms with E-state index in [-0.39, 0.29) is 11.8 Å². The minimum absolute atomic E-state index is 0.243. The molecule has 8 heteroatoms. The van der Waals surface area contributed by atoms with Crippen LogP contribution < -0.4 is 24.8 Å². The zero-order chi connectivity index (χ0) is 23.6. The summed E-state index contributed by atoms with van der Waals surface area (Å²) in [4.78, 5) is 29.8. The van der Waals surface area contributed by atoms with E-state index in [1.165, 1.54) is 0 Å². The van der Waals surface area contributed by atoms with Gasteiger partial charge in [0.25, 0.3) is 11.8 Å². The molecule has 0 aliphatic carbocycles. The molecule has 8 nitrogen and oxygen atoms in total. The van der Waals surface area contributed by atoms with Crippen LogP contribution in [0.2, 0.25) is 0 Å². The smallest absolute Gasteiger partial charge is 0.261 e. The third kappa shape index (κ3) is 6.00. The summed E-state index contributed by atoms with van der Waals surface area (Å²) in [5.74, 6) is 0.340. The number of pyridine rings is 1. The molecule has 0 fully saturated rings. The average Bonchev–Trinajstić information content (AvgIpc) is 2.83. The molecule has 0 aliphatic rings. The number of amides is 2. The van der Waals surface area contributed by atoms with Crippen LogP contribution in [-0.2, 0) is 0 Å². The number of nitrogens with one attached hydrogen (secondary N) is 2. The maximum absolute atomic E-state index is 13.0. The van der Waals surface area contributed by atoms with Crippen molar-refractivity contribution in [2.75, 3.05) is 30.5 Å². The van der Waals surface area contributed by atoms with Crippen LogP contribution in [0.3, 0.4) is 0 Å². The molecule has 1 heterocycles. The number of carbonyl (C=O) groups is 2. The third-order valence-electron chi connectivity index (χ3n) is 4.51. The molecule has 0 bridgehead atoms. The van der Waals surface area contributed by atoms with E-state index in [4.69, 9.17) is 14.2 Å². The lowest BCUT2D eigenvalue weighted by molar-refractivity contribution is 0.101. The molecule has 3 aromatic rings. The van der Waals surface area contributed by atoms with Gasteiger partial charge in [0.2, 0.25) is 5.88 Å². The fourth-order valence-corrected chi connectivity index (χ4v) is 3.09. The second-order valence-electron chi connectivity index (χ2n) is 6.77. The normalized spacial score (nSPS) is 10.3. The summed E-state index contributed by atoms with van der Waals surface area (Å²) in [6.07, 6.45) is 1.56. The molecule has 0 saturated carbocycles. The topological polar surface area (TPSA) is 98.8 Å². The second kappa shape index (κ2) is 11.5. The second-order valence-corrected chi connectivity index (χ2v) is 6.77. The van der Waals surface area contributed by atoms with Crippen LogP contribution in [0.15, 0.2) is 60.8 Å². The highest BCUT2D eigenvalue weighted by atomic mass is 16.5. The lowest BCUT2D eigenvalue weighted by Crippen LogP contribution is -2.16. The van der Waals surface area contributed by atoms with Crippen molar-refractivity contribution in [1.82, 2.24) is 4.98 Å². The van der Waals surface area contributed by atoms with Crippen molar-refractivity contribution in [2.24, 2.45) is 0 Å². The van der Waals surface area contributed by atoms with Crippen LogP contribution in [0.1, 0.15) is 41.5 Å². The standard InChI is InChI=1S/C25H27N3O5/c1-4-31-21-16-20(28-24(30)18-13-10-14-26-25(18)33-6-3)22(32-5-2)15-19(21)27-23(29)17-11-8-7-9-12-17/h7-16H,4-6H2,1-3H3,(H,27,29)(H,28,30). The average molecular weight is 450 g/mol. The number of carbonyl (C=O) groups excluding carboxylic acids is 2. The Balaban J connectivity index is 1.94. The van der Waals surface area contributed by atoms with Crippen molar-refractivity contribution in [3.8, 4) is 17.4 Å². The van der Waals surface area contributed by atoms with E-state index >= 15 is 0 Å². The van der Waals surface area contributed by atoms with Crippen molar-refractivity contribution in [3.63, 3.8) is 0 Å². The molecule has 3 rings (SSSR count). The van der Waals surface area contributed by atoms with Gasteiger partial charge in [0.1, 0.15) is 17.1 Å². The molecular weight excluding hydrogens is 422 g/mol. The molecule has 2 N–H and O–H groups in total. The molecule has 2 aromatic carbocycles. The number of aromatic nitrogens is 1. The largest absolute Gasteiger partial charge is 0.492 e. The van der Waals surface area contributed by atoms with E-state index in [9.17, 15) is 9.59 Å². The molecule has 0 radical (unpaired) electrons. The van der Waals surface area contributed by atoms with Crippen LogP contribution in [-0.4, -0.2) is 36.6 Å². The number of hydrogen-bond acceptors (Lipinski definition) is 6. The molecule has 0 spiro atoms. The van der Waals surface area contributed by atoms with Crippen molar-refractivity contribution in [3.05, 3.63) is 71.9 Å². The van der Waals surface area contributed by atoms with Gasteiger partial charge in [-0.2, -0.15) is 0 Å². The van der Waals surface area contributed by atoms with Gasteiger partial charge in [-0.15, -0.1) is 0 Å². The van der Waals surface area contributed by atoms with Crippen molar-refractivity contribution in [1.29, 1.82) is 0 Å². The molecule has 2 amide bonds. The van der Waals surface area contributed by atoms with E-state index in [1.807, 2.05) is 26.8 Å². The highest BCUT2D eigenvalue weighted by Crippen LogP contribution is 2.37. The van der Waals surface area contributed by atoms with Crippen LogP contribution in [0.4, 0.5) is 11.4 Å². The Morgan fingerprint density at radius 1 is 0.758 bits per heavy atom. The zero-order valence-corrected chi connectivity index (χ0v) is 18.9. The number of rotatable bonds is 10. The fraction of sp³-hybridized carbons (Fsp3) is 0.240. The van der Waals surface area contributed by atoms with Gasteiger partial charge >= 0.3 is 0 Å². The van der Waals surface area contributed by atoms with Crippen molar-refractivity contribution >= 4 is 23.2 Å². The SMILES string of the molecule is CCOc1cc(NC(=O)c2cccnc2OCC)c(OCC)cc1NC(=O)c1ccccc1. The molecule has 0 unspecified atom stereocenters. The van der Waals surface area contributed by atoms with Gasteiger partial charge in [0.15, 0.2) is 0 Å². The van der Waals surface area contributed by atoms with E-state index < -0.39 is 5.91 Å². The Morgan fingerprint density at radius 2 is 1.33 bits per heavy atom. The Labute approximate surface area is 192 Å². The number of benzene rings is 2. The predicted octanol–water partition coefficient (Wildman–Crippen LogP) is 4.78. The highest BCUT2D eigenvalue weighted by Gasteiger charge is 2.19. The lowest BCUT2D eigenvalue weighted by atomic mass is 10.1. The highest BCUT2D eigenvalue weighted by molar-refractivity contribution is 6.08.